The van der Waals surface area contributed by atoms with Gasteiger partial charge in [0.15, 0.2) is 5.75 Å². The molecule has 0 spiro atoms. The van der Waals surface area contributed by atoms with Gasteiger partial charge in [-0.1, -0.05) is 30.3 Å². The fraction of sp³-hybridized carbons (Fsp3) is 0.222. The summed E-state index contributed by atoms with van der Waals surface area (Å²) < 4.78 is 15.3. The van der Waals surface area contributed by atoms with Crippen LogP contribution in [0, 0.1) is 0 Å². The maximum atomic E-state index is 11.7. The monoisotopic (exact) mass is 329 g/mol. The Morgan fingerprint density at radius 1 is 0.833 bits per heavy atom. The van der Waals surface area contributed by atoms with Crippen molar-refractivity contribution < 1.29 is 23.8 Å². The second kappa shape index (κ2) is 8.57. The zero-order valence-electron chi connectivity index (χ0n) is 13.6. The van der Waals surface area contributed by atoms with Crippen molar-refractivity contribution in [3.63, 3.8) is 0 Å². The van der Waals surface area contributed by atoms with Crippen LogP contribution in [0.4, 0.5) is 5.69 Å². The highest BCUT2D eigenvalue weighted by Crippen LogP contribution is 2.32. The molecule has 0 bridgehead atoms. The molecule has 0 saturated heterocycles. The number of rotatable bonds is 7. The molecule has 2 aromatic rings. The number of anilines is 1. The summed E-state index contributed by atoms with van der Waals surface area (Å²) in [6.07, 6.45) is 0. The van der Waals surface area contributed by atoms with Crippen LogP contribution in [0.3, 0.4) is 0 Å². The lowest BCUT2D eigenvalue weighted by molar-refractivity contribution is -0.140. The summed E-state index contributed by atoms with van der Waals surface area (Å²) in [5.41, 5.74) is 0.595. The van der Waals surface area contributed by atoms with Gasteiger partial charge in [-0.15, -0.1) is 0 Å². The van der Waals surface area contributed by atoms with E-state index in [-0.39, 0.29) is 13.1 Å². The second-order valence-electron chi connectivity index (χ2n) is 4.89. The first kappa shape index (κ1) is 17.3. The third-order valence-corrected chi connectivity index (χ3v) is 3.27. The maximum Gasteiger partial charge on any atom is 0.325 e. The summed E-state index contributed by atoms with van der Waals surface area (Å²) in [5, 5.41) is 0. The van der Waals surface area contributed by atoms with Gasteiger partial charge in [0, 0.05) is 0 Å². The molecule has 2 aromatic carbocycles. The Bertz CT molecular complexity index is 669. The fourth-order valence-electron chi connectivity index (χ4n) is 2.09. The molecule has 126 valence electrons. The lowest BCUT2D eigenvalue weighted by Crippen LogP contribution is -2.35. The van der Waals surface area contributed by atoms with E-state index >= 15 is 0 Å². The van der Waals surface area contributed by atoms with Gasteiger partial charge < -0.3 is 19.1 Å². The molecule has 0 N–H and O–H groups in total. The first-order chi connectivity index (χ1) is 11.6. The van der Waals surface area contributed by atoms with E-state index in [2.05, 4.69) is 0 Å². The fourth-order valence-corrected chi connectivity index (χ4v) is 2.09. The van der Waals surface area contributed by atoms with Gasteiger partial charge >= 0.3 is 11.9 Å². The molecule has 0 amide bonds. The van der Waals surface area contributed by atoms with Crippen molar-refractivity contribution in [1.29, 1.82) is 0 Å². The van der Waals surface area contributed by atoms with Crippen LogP contribution in [0.5, 0.6) is 11.5 Å². The summed E-state index contributed by atoms with van der Waals surface area (Å²) in [7, 11) is 2.59. The summed E-state index contributed by atoms with van der Waals surface area (Å²) in [5.74, 6) is 0.249. The number of esters is 2. The molecule has 0 radical (unpaired) electrons. The Balaban J connectivity index is 2.30. The van der Waals surface area contributed by atoms with E-state index in [9.17, 15) is 9.59 Å². The summed E-state index contributed by atoms with van der Waals surface area (Å²) in [6.45, 7) is -0.193. The third-order valence-electron chi connectivity index (χ3n) is 3.27. The Morgan fingerprint density at radius 2 is 1.38 bits per heavy atom. The summed E-state index contributed by atoms with van der Waals surface area (Å²) in [4.78, 5) is 24.9. The molecular formula is C18H19NO5. The van der Waals surface area contributed by atoms with E-state index in [1.54, 1.807) is 23.1 Å². The quantitative estimate of drug-likeness (QED) is 0.728. The van der Waals surface area contributed by atoms with Crippen LogP contribution in [-0.4, -0.2) is 39.2 Å². The second-order valence-corrected chi connectivity index (χ2v) is 4.89. The van der Waals surface area contributed by atoms with Crippen molar-refractivity contribution in [2.45, 2.75) is 0 Å². The number of methoxy groups -OCH3 is 2. The van der Waals surface area contributed by atoms with Crippen molar-refractivity contribution in [1.82, 2.24) is 0 Å². The van der Waals surface area contributed by atoms with E-state index in [4.69, 9.17) is 14.2 Å². The van der Waals surface area contributed by atoms with Gasteiger partial charge in [-0.05, 0) is 24.3 Å². The summed E-state index contributed by atoms with van der Waals surface area (Å²) >= 11 is 0. The highest BCUT2D eigenvalue weighted by Gasteiger charge is 2.19. The lowest BCUT2D eigenvalue weighted by Gasteiger charge is -2.24. The van der Waals surface area contributed by atoms with Crippen LogP contribution in [0.15, 0.2) is 54.6 Å². The number of para-hydroxylation sites is 3. The predicted octanol–water partition coefficient (Wildman–Crippen LogP) is 2.63. The molecule has 0 aromatic heterocycles. The van der Waals surface area contributed by atoms with E-state index in [1.165, 1.54) is 14.2 Å². The molecule has 0 aliphatic heterocycles. The standard InChI is InChI=1S/C18H19NO5/c1-22-17(20)12-19(13-18(21)23-2)15-10-6-7-11-16(15)24-14-8-4-3-5-9-14/h3-11H,12-13H2,1-2H3. The van der Waals surface area contributed by atoms with Crippen LogP contribution in [0.2, 0.25) is 0 Å². The van der Waals surface area contributed by atoms with E-state index < -0.39 is 11.9 Å². The molecule has 0 aliphatic carbocycles. The maximum absolute atomic E-state index is 11.7. The van der Waals surface area contributed by atoms with Gasteiger partial charge in [0.25, 0.3) is 0 Å². The van der Waals surface area contributed by atoms with E-state index in [0.29, 0.717) is 17.2 Å². The van der Waals surface area contributed by atoms with Crippen LogP contribution < -0.4 is 9.64 Å². The van der Waals surface area contributed by atoms with E-state index in [1.807, 2.05) is 36.4 Å². The molecule has 0 unspecified atom stereocenters. The van der Waals surface area contributed by atoms with E-state index in [0.717, 1.165) is 0 Å². The molecular weight excluding hydrogens is 310 g/mol. The first-order valence-corrected chi connectivity index (χ1v) is 7.34. The molecule has 0 aliphatic rings. The molecule has 6 nitrogen and oxygen atoms in total. The zero-order chi connectivity index (χ0) is 17.4. The molecule has 0 saturated carbocycles. The number of hydrogen-bond acceptors (Lipinski definition) is 6. The van der Waals surface area contributed by atoms with Gasteiger partial charge in [-0.2, -0.15) is 0 Å². The van der Waals surface area contributed by atoms with Crippen LogP contribution >= 0.6 is 0 Å². The number of hydrogen-bond donors (Lipinski definition) is 0. The number of benzene rings is 2. The largest absolute Gasteiger partial charge is 0.468 e. The average Bonchev–Trinajstić information content (AvgIpc) is 2.62. The lowest BCUT2D eigenvalue weighted by atomic mass is 10.2. The number of carbonyl (C=O) groups excluding carboxylic acids is 2. The Hall–Kier alpha value is -3.02. The van der Waals surface area contributed by atoms with Gasteiger partial charge in [0.2, 0.25) is 0 Å². The first-order valence-electron chi connectivity index (χ1n) is 7.34. The van der Waals surface area contributed by atoms with Crippen LogP contribution in [-0.2, 0) is 19.1 Å². The third kappa shape index (κ3) is 4.74. The van der Waals surface area contributed by atoms with Crippen molar-refractivity contribution >= 4 is 17.6 Å². The van der Waals surface area contributed by atoms with Gasteiger partial charge in [0.05, 0.1) is 19.9 Å². The number of carbonyl (C=O) groups is 2. The number of nitrogens with zero attached hydrogens (tertiary/aromatic N) is 1. The SMILES string of the molecule is COC(=O)CN(CC(=O)OC)c1ccccc1Oc1ccccc1. The number of ether oxygens (including phenoxy) is 3. The minimum absolute atomic E-state index is 0.0965. The Kier molecular flexibility index (Phi) is 6.19. The van der Waals surface area contributed by atoms with Gasteiger partial charge in [0.1, 0.15) is 18.8 Å². The molecule has 0 atom stereocenters. The van der Waals surface area contributed by atoms with Crippen molar-refractivity contribution in [3.8, 4) is 11.5 Å². The average molecular weight is 329 g/mol. The van der Waals surface area contributed by atoms with Crippen molar-refractivity contribution in [2.24, 2.45) is 0 Å². The zero-order valence-corrected chi connectivity index (χ0v) is 13.6. The topological polar surface area (TPSA) is 65.1 Å². The van der Waals surface area contributed by atoms with Crippen molar-refractivity contribution in [3.05, 3.63) is 54.6 Å². The minimum Gasteiger partial charge on any atom is -0.468 e. The van der Waals surface area contributed by atoms with Crippen LogP contribution in [0.1, 0.15) is 0 Å². The summed E-state index contributed by atoms with van der Waals surface area (Å²) in [6, 6.07) is 16.4. The van der Waals surface area contributed by atoms with Gasteiger partial charge in [-0.3, -0.25) is 9.59 Å². The smallest absolute Gasteiger partial charge is 0.325 e. The molecule has 24 heavy (non-hydrogen) atoms. The van der Waals surface area contributed by atoms with Crippen molar-refractivity contribution in [2.75, 3.05) is 32.2 Å². The molecule has 0 fully saturated rings. The Morgan fingerprint density at radius 3 is 1.96 bits per heavy atom. The van der Waals surface area contributed by atoms with Crippen LogP contribution in [0.25, 0.3) is 0 Å². The molecule has 0 heterocycles. The Labute approximate surface area is 140 Å². The normalized spacial score (nSPS) is 9.92. The highest BCUT2D eigenvalue weighted by molar-refractivity contribution is 5.82. The predicted molar refractivity (Wildman–Crippen MR) is 89.2 cm³/mol. The minimum atomic E-state index is -0.464. The van der Waals surface area contributed by atoms with Gasteiger partial charge in [-0.25, -0.2) is 0 Å². The highest BCUT2D eigenvalue weighted by atomic mass is 16.5. The molecule has 2 rings (SSSR count). The molecule has 6 heteroatoms.